The van der Waals surface area contributed by atoms with E-state index in [1.54, 1.807) is 0 Å². The third-order valence-electron chi connectivity index (χ3n) is 22.6. The molecule has 0 saturated carbocycles. The normalized spacial score (nSPS) is 21.5. The third kappa shape index (κ3) is 57.0. The molecule has 2 heterocycles. The van der Waals surface area contributed by atoms with Gasteiger partial charge in [-0.3, -0.25) is 4.79 Å². The first-order valence-electron chi connectivity index (χ1n) is 45.9. The minimum absolute atomic E-state index is 0.196. The maximum Gasteiger partial charge on any atom is 0.220 e. The fourth-order valence-corrected chi connectivity index (χ4v) is 15.4. The van der Waals surface area contributed by atoms with Gasteiger partial charge in [-0.05, 0) is 51.4 Å². The van der Waals surface area contributed by atoms with Crippen LogP contribution in [0.3, 0.4) is 0 Å². The summed E-state index contributed by atoms with van der Waals surface area (Å²) < 4.78 is 23.0. The van der Waals surface area contributed by atoms with Crippen LogP contribution in [-0.4, -0.2) is 140 Å². The highest BCUT2D eigenvalue weighted by Gasteiger charge is 2.51. The Morgan fingerprint density at radius 3 is 1.00 bits per heavy atom. The number of unbranched alkanes of at least 4 members (excludes halogenated alkanes) is 58. The highest BCUT2D eigenvalue weighted by molar-refractivity contribution is 5.76. The van der Waals surface area contributed by atoms with Gasteiger partial charge in [-0.1, -0.05) is 428 Å². The van der Waals surface area contributed by atoms with Crippen molar-refractivity contribution in [2.45, 2.75) is 511 Å². The average molecular weight is 1500 g/mol. The van der Waals surface area contributed by atoms with E-state index in [0.29, 0.717) is 12.8 Å². The fraction of sp³-hybridized carbons (Fsp3) is 0.902. The molecule has 0 spiro atoms. The molecule has 0 aromatic heterocycles. The summed E-state index contributed by atoms with van der Waals surface area (Å²) in [5.41, 5.74) is 0. The zero-order valence-electron chi connectivity index (χ0n) is 69.0. The molecule has 1 amide bonds. The zero-order valence-corrected chi connectivity index (χ0v) is 69.0. The monoisotopic (exact) mass is 1500 g/mol. The molecule has 12 unspecified atom stereocenters. The summed E-state index contributed by atoms with van der Waals surface area (Å²) in [5.74, 6) is -0.196. The molecule has 0 bridgehead atoms. The Balaban J connectivity index is 1.54. The first-order chi connectivity index (χ1) is 52.1. The van der Waals surface area contributed by atoms with Gasteiger partial charge < -0.3 is 65.1 Å². The van der Waals surface area contributed by atoms with E-state index in [1.807, 2.05) is 0 Å². The van der Waals surface area contributed by atoms with E-state index in [1.165, 1.54) is 334 Å². The number of carbonyl (C=O) groups is 1. The van der Waals surface area contributed by atoms with Gasteiger partial charge >= 0.3 is 0 Å². The number of carbonyl (C=O) groups excluding carboxylic acids is 1. The molecule has 9 N–H and O–H groups in total. The summed E-state index contributed by atoms with van der Waals surface area (Å²) in [7, 11) is 0. The van der Waals surface area contributed by atoms with Gasteiger partial charge in [0.1, 0.15) is 48.8 Å². The van der Waals surface area contributed by atoms with Gasteiger partial charge in [0.25, 0.3) is 0 Å². The van der Waals surface area contributed by atoms with Crippen molar-refractivity contribution in [3.8, 4) is 0 Å². The predicted molar refractivity (Wildman–Crippen MR) is 443 cm³/mol. The van der Waals surface area contributed by atoms with Crippen LogP contribution in [0.4, 0.5) is 0 Å². The molecule has 106 heavy (non-hydrogen) atoms. The molecule has 2 rings (SSSR count). The lowest BCUT2D eigenvalue weighted by atomic mass is 9.97. The third-order valence-corrected chi connectivity index (χ3v) is 22.6. The highest BCUT2D eigenvalue weighted by atomic mass is 16.7. The molecule has 0 aromatic carbocycles. The van der Waals surface area contributed by atoms with Crippen molar-refractivity contribution >= 4 is 5.91 Å². The number of nitrogens with one attached hydrogen (secondary N) is 1. The number of ether oxygens (including phenoxy) is 4. The fourth-order valence-electron chi connectivity index (χ4n) is 15.4. The number of hydrogen-bond acceptors (Lipinski definition) is 13. The van der Waals surface area contributed by atoms with E-state index < -0.39 is 86.8 Å². The van der Waals surface area contributed by atoms with Crippen molar-refractivity contribution in [2.24, 2.45) is 0 Å². The summed E-state index contributed by atoms with van der Waals surface area (Å²) in [6.07, 6.45) is 86.3. The van der Waals surface area contributed by atoms with Gasteiger partial charge in [0, 0.05) is 6.42 Å². The largest absolute Gasteiger partial charge is 0.394 e. The molecule has 12 atom stereocenters. The number of allylic oxidation sites excluding steroid dienone is 8. The van der Waals surface area contributed by atoms with Crippen LogP contribution in [0, 0.1) is 0 Å². The Bertz CT molecular complexity index is 1970. The van der Waals surface area contributed by atoms with Crippen LogP contribution in [0.5, 0.6) is 0 Å². The van der Waals surface area contributed by atoms with Crippen LogP contribution in [0.25, 0.3) is 0 Å². The Kier molecular flexibility index (Phi) is 71.4. The van der Waals surface area contributed by atoms with Crippen LogP contribution in [-0.2, 0) is 23.7 Å². The Hall–Kier alpha value is -2.05. The van der Waals surface area contributed by atoms with Crippen LogP contribution in [0.2, 0.25) is 0 Å². The molecule has 0 aliphatic carbocycles. The van der Waals surface area contributed by atoms with Crippen LogP contribution < -0.4 is 5.32 Å². The molecule has 14 heteroatoms. The minimum atomic E-state index is -1.78. The Morgan fingerprint density at radius 1 is 0.349 bits per heavy atom. The summed E-state index contributed by atoms with van der Waals surface area (Å²) in [6.45, 7) is 2.83. The van der Waals surface area contributed by atoms with E-state index in [9.17, 15) is 45.6 Å². The Labute approximate surface area is 652 Å². The van der Waals surface area contributed by atoms with Gasteiger partial charge in [0.05, 0.1) is 32.0 Å². The van der Waals surface area contributed by atoms with Crippen molar-refractivity contribution in [2.75, 3.05) is 19.8 Å². The lowest BCUT2D eigenvalue weighted by Gasteiger charge is -2.46. The highest BCUT2D eigenvalue weighted by Crippen LogP contribution is 2.31. The second-order valence-corrected chi connectivity index (χ2v) is 32.4. The summed E-state index contributed by atoms with van der Waals surface area (Å²) in [5, 5.41) is 88.1. The molecule has 2 fully saturated rings. The standard InChI is InChI=1S/C92H173NO13/c1-3-5-7-9-11-13-15-17-19-21-23-25-27-29-31-33-35-37-38-39-40-41-42-44-46-48-50-52-54-56-58-60-62-64-66-68-70-72-74-76-84(97)93-80(79-103-91-89(102)87(100)90(83(78-95)105-91)106-92-88(101)86(99)85(98)82(77-94)104-92)81(96)75-73-71-69-67-65-63-61-59-57-55-53-51-49-47-45-43-36-34-32-30-28-26-24-22-20-18-16-14-12-10-8-6-4-2/h5,7,11,13,17,19,23,25,80-83,85-92,94-96,98-102H,3-4,6,8-10,12,14-16,18,20-22,24,26-79H2,1-2H3,(H,93,97)/b7-5-,13-11-,19-17-,25-23-. The second kappa shape index (κ2) is 75.6. The lowest BCUT2D eigenvalue weighted by Crippen LogP contribution is -2.65. The zero-order chi connectivity index (χ0) is 76.5. The van der Waals surface area contributed by atoms with E-state index in [0.717, 1.165) is 77.0 Å². The molecule has 0 aromatic rings. The quantitative estimate of drug-likeness (QED) is 0.0204. The number of hydrogen-bond donors (Lipinski definition) is 9. The van der Waals surface area contributed by atoms with Crippen molar-refractivity contribution in [3.05, 3.63) is 48.6 Å². The van der Waals surface area contributed by atoms with E-state index in [2.05, 4.69) is 67.8 Å². The van der Waals surface area contributed by atoms with Crippen LogP contribution in [0.15, 0.2) is 48.6 Å². The molecule has 2 aliphatic rings. The number of aliphatic hydroxyl groups is 8. The topological polar surface area (TPSA) is 228 Å². The van der Waals surface area contributed by atoms with Crippen LogP contribution in [0.1, 0.15) is 438 Å². The van der Waals surface area contributed by atoms with Crippen molar-refractivity contribution in [1.29, 1.82) is 0 Å². The first-order valence-corrected chi connectivity index (χ1v) is 45.9. The first kappa shape index (κ1) is 100. The summed E-state index contributed by atoms with van der Waals surface area (Å²) in [4.78, 5) is 13.5. The number of aliphatic hydroxyl groups excluding tert-OH is 8. The molecule has 624 valence electrons. The Morgan fingerprint density at radius 2 is 0.651 bits per heavy atom. The average Bonchev–Trinajstić information content (AvgIpc) is 0.789. The van der Waals surface area contributed by atoms with Gasteiger partial charge in [0.15, 0.2) is 12.6 Å². The van der Waals surface area contributed by atoms with Gasteiger partial charge in [-0.15, -0.1) is 0 Å². The maximum atomic E-state index is 13.5. The summed E-state index contributed by atoms with van der Waals surface area (Å²) in [6, 6.07) is -0.830. The number of amides is 1. The lowest BCUT2D eigenvalue weighted by molar-refractivity contribution is -0.359. The van der Waals surface area contributed by atoms with E-state index >= 15 is 0 Å². The molecule has 2 saturated heterocycles. The molecular weight excluding hydrogens is 1330 g/mol. The van der Waals surface area contributed by atoms with Crippen molar-refractivity contribution < 1.29 is 64.6 Å². The smallest absolute Gasteiger partial charge is 0.220 e. The SMILES string of the molecule is CC/C=C\C/C=C\C/C=C\C/C=C\CCCCCCCCCCCCCCCCCCCCCCCCCCCCC(=O)NC(COC1OC(CO)C(OC2OC(CO)C(O)C(O)C2O)C(O)C1O)C(O)CCCCCCCCCCCCCCCCCCCCCCCCCCCCCCCCCCC. The molecule has 0 radical (unpaired) electrons. The predicted octanol–water partition coefficient (Wildman–Crippen LogP) is 22.5. The second-order valence-electron chi connectivity index (χ2n) is 32.4. The molecule has 2 aliphatic heterocycles. The maximum absolute atomic E-state index is 13.5. The van der Waals surface area contributed by atoms with Gasteiger partial charge in [-0.2, -0.15) is 0 Å². The molecular formula is C92H173NO13. The van der Waals surface area contributed by atoms with Gasteiger partial charge in [-0.25, -0.2) is 0 Å². The molecule has 14 nitrogen and oxygen atoms in total. The van der Waals surface area contributed by atoms with Crippen LogP contribution >= 0.6 is 0 Å². The summed E-state index contributed by atoms with van der Waals surface area (Å²) >= 11 is 0. The number of rotatable bonds is 79. The van der Waals surface area contributed by atoms with Crippen molar-refractivity contribution in [3.63, 3.8) is 0 Å². The van der Waals surface area contributed by atoms with E-state index in [4.69, 9.17) is 18.9 Å². The van der Waals surface area contributed by atoms with Gasteiger partial charge in [0.2, 0.25) is 5.91 Å². The van der Waals surface area contributed by atoms with E-state index in [-0.39, 0.29) is 12.5 Å². The minimum Gasteiger partial charge on any atom is -0.394 e. The van der Waals surface area contributed by atoms with Crippen molar-refractivity contribution in [1.82, 2.24) is 5.32 Å².